The Morgan fingerprint density at radius 3 is 2.96 bits per heavy atom. The van der Waals surface area contributed by atoms with E-state index in [-0.39, 0.29) is 18.4 Å². The Labute approximate surface area is 142 Å². The van der Waals surface area contributed by atoms with Gasteiger partial charge in [-0.15, -0.1) is 16.4 Å². The molecule has 0 bridgehead atoms. The van der Waals surface area contributed by atoms with Gasteiger partial charge in [0.1, 0.15) is 6.54 Å². The van der Waals surface area contributed by atoms with E-state index in [0.29, 0.717) is 24.8 Å². The van der Waals surface area contributed by atoms with Crippen LogP contribution in [-0.4, -0.2) is 49.0 Å². The topological polar surface area (TPSA) is 89.9 Å². The molecule has 4 heterocycles. The van der Waals surface area contributed by atoms with E-state index in [1.165, 1.54) is 0 Å². The second-order valence-corrected chi connectivity index (χ2v) is 6.64. The molecule has 0 spiro atoms. The van der Waals surface area contributed by atoms with E-state index in [1.54, 1.807) is 28.4 Å². The van der Waals surface area contributed by atoms with Crippen LogP contribution >= 0.6 is 11.3 Å². The van der Waals surface area contributed by atoms with E-state index < -0.39 is 0 Å². The SMILES string of the molecule is O=C(Cn1ccnn1)N1CCC(c2nc(-c3cccs3)no2)CC1. The van der Waals surface area contributed by atoms with E-state index in [2.05, 4.69) is 20.5 Å². The monoisotopic (exact) mass is 344 g/mol. The van der Waals surface area contributed by atoms with Crippen molar-refractivity contribution in [3.8, 4) is 10.7 Å². The van der Waals surface area contributed by atoms with Crippen molar-refractivity contribution >= 4 is 17.2 Å². The van der Waals surface area contributed by atoms with Crippen molar-refractivity contribution in [2.24, 2.45) is 0 Å². The minimum atomic E-state index is 0.0590. The summed E-state index contributed by atoms with van der Waals surface area (Å²) in [5.41, 5.74) is 0. The fourth-order valence-corrected chi connectivity index (χ4v) is 3.49. The van der Waals surface area contributed by atoms with Gasteiger partial charge in [0.05, 0.1) is 11.1 Å². The number of hydrogen-bond donors (Lipinski definition) is 0. The Morgan fingerprint density at radius 1 is 1.38 bits per heavy atom. The van der Waals surface area contributed by atoms with Gasteiger partial charge in [0.15, 0.2) is 0 Å². The molecule has 0 aliphatic carbocycles. The van der Waals surface area contributed by atoms with Crippen LogP contribution in [0.2, 0.25) is 0 Å². The zero-order valence-corrected chi connectivity index (χ0v) is 13.7. The molecule has 3 aromatic rings. The lowest BCUT2D eigenvalue weighted by Gasteiger charge is -2.30. The number of piperidine rings is 1. The van der Waals surface area contributed by atoms with Crippen molar-refractivity contribution in [2.45, 2.75) is 25.3 Å². The van der Waals surface area contributed by atoms with Gasteiger partial charge >= 0.3 is 0 Å². The summed E-state index contributed by atoms with van der Waals surface area (Å²) in [6.07, 6.45) is 4.92. The number of carbonyl (C=O) groups excluding carboxylic acids is 1. The Bertz CT molecular complexity index is 790. The first-order valence-electron chi connectivity index (χ1n) is 7.79. The van der Waals surface area contributed by atoms with E-state index in [0.717, 1.165) is 17.7 Å². The lowest BCUT2D eigenvalue weighted by atomic mass is 9.97. The summed E-state index contributed by atoms with van der Waals surface area (Å²) in [5.74, 6) is 1.58. The number of aromatic nitrogens is 5. The van der Waals surface area contributed by atoms with Crippen molar-refractivity contribution < 1.29 is 9.32 Å². The first-order chi connectivity index (χ1) is 11.8. The zero-order chi connectivity index (χ0) is 16.4. The van der Waals surface area contributed by atoms with Crippen LogP contribution in [0.15, 0.2) is 34.4 Å². The molecule has 0 aromatic carbocycles. The van der Waals surface area contributed by atoms with E-state index in [9.17, 15) is 4.79 Å². The molecule has 8 nitrogen and oxygen atoms in total. The van der Waals surface area contributed by atoms with Crippen LogP contribution in [0.5, 0.6) is 0 Å². The molecule has 4 rings (SSSR count). The summed E-state index contributed by atoms with van der Waals surface area (Å²) in [4.78, 5) is 19.6. The van der Waals surface area contributed by atoms with Crippen molar-refractivity contribution in [1.29, 1.82) is 0 Å². The molecule has 0 N–H and O–H groups in total. The van der Waals surface area contributed by atoms with Crippen LogP contribution in [0.4, 0.5) is 0 Å². The van der Waals surface area contributed by atoms with Crippen LogP contribution in [0.25, 0.3) is 10.7 Å². The zero-order valence-electron chi connectivity index (χ0n) is 12.9. The van der Waals surface area contributed by atoms with Gasteiger partial charge < -0.3 is 9.42 Å². The summed E-state index contributed by atoms with van der Waals surface area (Å²) in [6.45, 7) is 1.61. The lowest BCUT2D eigenvalue weighted by molar-refractivity contribution is -0.133. The van der Waals surface area contributed by atoms with Crippen LogP contribution < -0.4 is 0 Å². The first kappa shape index (κ1) is 15.0. The largest absolute Gasteiger partial charge is 0.341 e. The minimum Gasteiger partial charge on any atom is -0.341 e. The third-order valence-corrected chi connectivity index (χ3v) is 5.02. The number of amides is 1. The highest BCUT2D eigenvalue weighted by molar-refractivity contribution is 7.13. The van der Waals surface area contributed by atoms with Crippen LogP contribution in [-0.2, 0) is 11.3 Å². The summed E-state index contributed by atoms with van der Waals surface area (Å²) in [7, 11) is 0. The maximum Gasteiger partial charge on any atom is 0.244 e. The Kier molecular flexibility index (Phi) is 4.08. The van der Waals surface area contributed by atoms with Gasteiger partial charge in [0, 0.05) is 25.2 Å². The van der Waals surface area contributed by atoms with Gasteiger partial charge in [-0.2, -0.15) is 4.98 Å². The summed E-state index contributed by atoms with van der Waals surface area (Å²) < 4.78 is 6.97. The maximum absolute atomic E-state index is 12.3. The summed E-state index contributed by atoms with van der Waals surface area (Å²) in [6, 6.07) is 3.94. The van der Waals surface area contributed by atoms with Crippen LogP contribution in [0, 0.1) is 0 Å². The normalized spacial score (nSPS) is 15.8. The Morgan fingerprint density at radius 2 is 2.25 bits per heavy atom. The molecule has 0 saturated carbocycles. The second kappa shape index (κ2) is 6.52. The molecule has 24 heavy (non-hydrogen) atoms. The number of nitrogens with zero attached hydrogens (tertiary/aromatic N) is 6. The van der Waals surface area contributed by atoms with Gasteiger partial charge in [-0.3, -0.25) is 4.79 Å². The fourth-order valence-electron chi connectivity index (χ4n) is 2.84. The molecule has 0 radical (unpaired) electrons. The molecule has 1 aliphatic rings. The standard InChI is InChI=1S/C15H16N6O2S/c22-13(10-21-8-5-16-19-21)20-6-3-11(4-7-20)15-17-14(18-23-15)12-2-1-9-24-12/h1-2,5,8-9,11H,3-4,6-7,10H2. The number of thiophene rings is 1. The van der Waals surface area contributed by atoms with Crippen LogP contribution in [0.3, 0.4) is 0 Å². The molecule has 0 unspecified atom stereocenters. The number of likely N-dealkylation sites (tertiary alicyclic amines) is 1. The van der Waals surface area contributed by atoms with Gasteiger partial charge in [-0.1, -0.05) is 16.4 Å². The molecular weight excluding hydrogens is 328 g/mol. The summed E-state index contributed by atoms with van der Waals surface area (Å²) in [5, 5.41) is 13.6. The molecule has 1 amide bonds. The highest BCUT2D eigenvalue weighted by Crippen LogP contribution is 2.29. The molecule has 124 valence electrons. The van der Waals surface area contributed by atoms with Crippen molar-refractivity contribution in [2.75, 3.05) is 13.1 Å². The third kappa shape index (κ3) is 3.07. The summed E-state index contributed by atoms with van der Waals surface area (Å²) >= 11 is 1.59. The van der Waals surface area contributed by atoms with Crippen molar-refractivity contribution in [1.82, 2.24) is 30.0 Å². The van der Waals surface area contributed by atoms with Gasteiger partial charge in [-0.25, -0.2) is 4.68 Å². The number of carbonyl (C=O) groups is 1. The maximum atomic E-state index is 12.3. The van der Waals surface area contributed by atoms with Gasteiger partial charge in [-0.05, 0) is 24.3 Å². The highest BCUT2D eigenvalue weighted by atomic mass is 32.1. The van der Waals surface area contributed by atoms with E-state index in [4.69, 9.17) is 4.52 Å². The predicted molar refractivity (Wildman–Crippen MR) is 86.2 cm³/mol. The molecule has 9 heteroatoms. The molecular formula is C15H16N6O2S. The first-order valence-corrected chi connectivity index (χ1v) is 8.67. The number of hydrogen-bond acceptors (Lipinski definition) is 7. The van der Waals surface area contributed by atoms with Crippen molar-refractivity contribution in [3.05, 3.63) is 35.8 Å². The second-order valence-electron chi connectivity index (χ2n) is 5.69. The van der Waals surface area contributed by atoms with Gasteiger partial charge in [0.25, 0.3) is 0 Å². The smallest absolute Gasteiger partial charge is 0.244 e. The van der Waals surface area contributed by atoms with Crippen molar-refractivity contribution in [3.63, 3.8) is 0 Å². The Balaban J connectivity index is 1.35. The third-order valence-electron chi connectivity index (χ3n) is 4.15. The van der Waals surface area contributed by atoms with Gasteiger partial charge in [0.2, 0.25) is 17.6 Å². The average molecular weight is 344 g/mol. The predicted octanol–water partition coefficient (Wildman–Crippen LogP) is 1.80. The lowest BCUT2D eigenvalue weighted by Crippen LogP contribution is -2.39. The minimum absolute atomic E-state index is 0.0590. The molecule has 3 aromatic heterocycles. The molecule has 1 saturated heterocycles. The van der Waals surface area contributed by atoms with Crippen LogP contribution in [0.1, 0.15) is 24.7 Å². The Hall–Kier alpha value is -2.55. The number of rotatable bonds is 4. The van der Waals surface area contributed by atoms with E-state index in [1.807, 2.05) is 22.4 Å². The highest BCUT2D eigenvalue weighted by Gasteiger charge is 2.27. The molecule has 1 fully saturated rings. The molecule has 1 aliphatic heterocycles. The fraction of sp³-hybridized carbons (Fsp3) is 0.400. The quantitative estimate of drug-likeness (QED) is 0.717. The molecule has 0 atom stereocenters. The average Bonchev–Trinajstić information content (AvgIpc) is 3.36. The van der Waals surface area contributed by atoms with E-state index >= 15 is 0 Å².